The molecule has 2 aromatic carbocycles. The molecule has 0 saturated heterocycles. The summed E-state index contributed by atoms with van der Waals surface area (Å²) in [5, 5.41) is 4.31. The number of rotatable bonds is 7. The standard InChI is InChI=1S/C21H23Cl2NO3S/c1-2-28(26,27)19-7-4-3-6-15(19)12-20(25)24-21(10-5-11-21)14-16-8-9-17(22)13-18(16)23/h3-4,6-9,13H,2,5,10-12,14H2,1H3,(H,24,25). The predicted molar refractivity (Wildman–Crippen MR) is 113 cm³/mol. The molecule has 0 aliphatic heterocycles. The molecule has 28 heavy (non-hydrogen) atoms. The third-order valence-electron chi connectivity index (χ3n) is 5.30. The monoisotopic (exact) mass is 439 g/mol. The lowest BCUT2D eigenvalue weighted by atomic mass is 9.72. The molecule has 1 aliphatic carbocycles. The van der Waals surface area contributed by atoms with E-state index in [2.05, 4.69) is 5.32 Å². The summed E-state index contributed by atoms with van der Waals surface area (Å²) in [4.78, 5) is 13.0. The van der Waals surface area contributed by atoms with Crippen molar-refractivity contribution < 1.29 is 13.2 Å². The molecule has 1 aliphatic rings. The Bertz CT molecular complexity index is 985. The molecule has 7 heteroatoms. The van der Waals surface area contributed by atoms with Crippen LogP contribution in [-0.2, 0) is 27.5 Å². The van der Waals surface area contributed by atoms with Gasteiger partial charge in [0, 0.05) is 15.6 Å². The molecule has 2 aromatic rings. The van der Waals surface area contributed by atoms with Crippen LogP contribution in [0.3, 0.4) is 0 Å². The van der Waals surface area contributed by atoms with Gasteiger partial charge in [-0.05, 0) is 55.0 Å². The van der Waals surface area contributed by atoms with Crippen LogP contribution < -0.4 is 5.32 Å². The van der Waals surface area contributed by atoms with Crippen LogP contribution >= 0.6 is 23.2 Å². The van der Waals surface area contributed by atoms with Gasteiger partial charge in [0.1, 0.15) is 0 Å². The van der Waals surface area contributed by atoms with Gasteiger partial charge in [0.05, 0.1) is 17.1 Å². The fourth-order valence-corrected chi connectivity index (χ4v) is 5.21. The molecule has 1 N–H and O–H groups in total. The first-order valence-corrected chi connectivity index (χ1v) is 11.7. The molecule has 4 nitrogen and oxygen atoms in total. The number of amides is 1. The van der Waals surface area contributed by atoms with Crippen molar-refractivity contribution in [2.75, 3.05) is 5.75 Å². The second-order valence-electron chi connectivity index (χ2n) is 7.28. The van der Waals surface area contributed by atoms with E-state index in [1.54, 1.807) is 43.3 Å². The molecule has 0 radical (unpaired) electrons. The fraction of sp³-hybridized carbons (Fsp3) is 0.381. The average Bonchev–Trinajstić information content (AvgIpc) is 2.62. The molecule has 3 rings (SSSR count). The maximum Gasteiger partial charge on any atom is 0.224 e. The van der Waals surface area contributed by atoms with Gasteiger partial charge in [-0.1, -0.05) is 54.4 Å². The number of hydrogen-bond acceptors (Lipinski definition) is 3. The normalized spacial score (nSPS) is 15.7. The van der Waals surface area contributed by atoms with Crippen LogP contribution in [0.4, 0.5) is 0 Å². The largest absolute Gasteiger partial charge is 0.350 e. The van der Waals surface area contributed by atoms with E-state index >= 15 is 0 Å². The fourth-order valence-electron chi connectivity index (χ4n) is 3.60. The Kier molecular flexibility index (Phi) is 6.37. The summed E-state index contributed by atoms with van der Waals surface area (Å²) in [5.74, 6) is -0.173. The Balaban J connectivity index is 1.75. The molecule has 0 atom stereocenters. The number of carbonyl (C=O) groups excluding carboxylic acids is 1. The minimum atomic E-state index is -3.38. The topological polar surface area (TPSA) is 63.2 Å². The second-order valence-corrected chi connectivity index (χ2v) is 10.4. The summed E-state index contributed by atoms with van der Waals surface area (Å²) >= 11 is 12.3. The Hall–Kier alpha value is -1.56. The highest BCUT2D eigenvalue weighted by atomic mass is 35.5. The molecule has 150 valence electrons. The highest BCUT2D eigenvalue weighted by Gasteiger charge is 2.39. The minimum absolute atomic E-state index is 0.00460. The summed E-state index contributed by atoms with van der Waals surface area (Å²) < 4.78 is 24.6. The number of nitrogens with one attached hydrogen (secondary N) is 1. The highest BCUT2D eigenvalue weighted by Crippen LogP contribution is 2.37. The maximum atomic E-state index is 12.8. The summed E-state index contributed by atoms with van der Waals surface area (Å²) in [6.07, 6.45) is 3.43. The van der Waals surface area contributed by atoms with Gasteiger partial charge in [-0.15, -0.1) is 0 Å². The smallest absolute Gasteiger partial charge is 0.224 e. The predicted octanol–water partition coefficient (Wildman–Crippen LogP) is 4.61. The van der Waals surface area contributed by atoms with E-state index in [9.17, 15) is 13.2 Å². The molecule has 0 unspecified atom stereocenters. The van der Waals surface area contributed by atoms with Gasteiger partial charge in [-0.2, -0.15) is 0 Å². The van der Waals surface area contributed by atoms with E-state index in [-0.39, 0.29) is 28.5 Å². The van der Waals surface area contributed by atoms with E-state index in [4.69, 9.17) is 23.2 Å². The van der Waals surface area contributed by atoms with Crippen LogP contribution in [0.2, 0.25) is 10.0 Å². The van der Waals surface area contributed by atoms with Crippen molar-refractivity contribution in [3.05, 3.63) is 63.6 Å². The highest BCUT2D eigenvalue weighted by molar-refractivity contribution is 7.91. The third kappa shape index (κ3) is 4.70. The van der Waals surface area contributed by atoms with Crippen molar-refractivity contribution in [2.45, 2.75) is 49.5 Å². The van der Waals surface area contributed by atoms with Gasteiger partial charge < -0.3 is 5.32 Å². The summed E-state index contributed by atoms with van der Waals surface area (Å²) in [6, 6.07) is 12.1. The number of hydrogen-bond donors (Lipinski definition) is 1. The van der Waals surface area contributed by atoms with Gasteiger partial charge in [0.15, 0.2) is 9.84 Å². The van der Waals surface area contributed by atoms with Crippen LogP contribution in [0.15, 0.2) is 47.4 Å². The minimum Gasteiger partial charge on any atom is -0.350 e. The maximum absolute atomic E-state index is 12.8. The van der Waals surface area contributed by atoms with Gasteiger partial charge in [-0.3, -0.25) is 4.79 Å². The first-order chi connectivity index (χ1) is 13.2. The molecule has 0 aromatic heterocycles. The lowest BCUT2D eigenvalue weighted by molar-refractivity contribution is -0.123. The van der Waals surface area contributed by atoms with Crippen molar-refractivity contribution in [2.24, 2.45) is 0 Å². The lowest BCUT2D eigenvalue weighted by Gasteiger charge is -2.43. The van der Waals surface area contributed by atoms with Crippen molar-refractivity contribution in [3.63, 3.8) is 0 Å². The third-order valence-corrected chi connectivity index (χ3v) is 7.71. The quantitative estimate of drug-likeness (QED) is 0.684. The molecular formula is C21H23Cl2NO3S. The van der Waals surface area contributed by atoms with Gasteiger partial charge in [-0.25, -0.2) is 8.42 Å². The lowest BCUT2D eigenvalue weighted by Crippen LogP contribution is -2.55. The van der Waals surface area contributed by atoms with Gasteiger partial charge in [0.2, 0.25) is 5.91 Å². The van der Waals surface area contributed by atoms with Crippen LogP contribution in [0.5, 0.6) is 0 Å². The number of benzene rings is 2. The van der Waals surface area contributed by atoms with Crippen LogP contribution in [0, 0.1) is 0 Å². The van der Waals surface area contributed by atoms with Crippen LogP contribution in [0.25, 0.3) is 0 Å². The van der Waals surface area contributed by atoms with E-state index < -0.39 is 9.84 Å². The zero-order chi connectivity index (χ0) is 20.4. The molecule has 1 amide bonds. The van der Waals surface area contributed by atoms with Crippen LogP contribution in [-0.4, -0.2) is 25.6 Å². The van der Waals surface area contributed by atoms with Crippen molar-refractivity contribution in [1.29, 1.82) is 0 Å². The van der Waals surface area contributed by atoms with Crippen LogP contribution in [0.1, 0.15) is 37.3 Å². The van der Waals surface area contributed by atoms with Gasteiger partial charge in [0.25, 0.3) is 0 Å². The molecule has 1 fully saturated rings. The molecule has 0 heterocycles. The number of sulfone groups is 1. The summed E-state index contributed by atoms with van der Waals surface area (Å²) in [6.45, 7) is 1.60. The van der Waals surface area contributed by atoms with Crippen molar-refractivity contribution >= 4 is 38.9 Å². The molecule has 0 bridgehead atoms. The van der Waals surface area contributed by atoms with Crippen molar-refractivity contribution in [1.82, 2.24) is 5.32 Å². The van der Waals surface area contributed by atoms with Crippen molar-refractivity contribution in [3.8, 4) is 0 Å². The summed E-state index contributed by atoms with van der Waals surface area (Å²) in [5.41, 5.74) is 1.13. The van der Waals surface area contributed by atoms with Gasteiger partial charge >= 0.3 is 0 Å². The Morgan fingerprint density at radius 3 is 2.43 bits per heavy atom. The molecule has 0 spiro atoms. The second kappa shape index (κ2) is 8.44. The average molecular weight is 440 g/mol. The SMILES string of the molecule is CCS(=O)(=O)c1ccccc1CC(=O)NC1(Cc2ccc(Cl)cc2Cl)CCC1. The first-order valence-electron chi connectivity index (χ1n) is 9.30. The first kappa shape index (κ1) is 21.2. The zero-order valence-corrected chi connectivity index (χ0v) is 18.0. The Morgan fingerprint density at radius 1 is 1.11 bits per heavy atom. The van der Waals surface area contributed by atoms with E-state index in [1.165, 1.54) is 0 Å². The van der Waals surface area contributed by atoms with E-state index in [0.717, 1.165) is 24.8 Å². The Labute approximate surface area is 176 Å². The molecule has 1 saturated carbocycles. The Morgan fingerprint density at radius 2 is 1.82 bits per heavy atom. The molecular weight excluding hydrogens is 417 g/mol. The number of carbonyl (C=O) groups is 1. The van der Waals surface area contributed by atoms with E-state index in [1.807, 2.05) is 6.07 Å². The zero-order valence-electron chi connectivity index (χ0n) is 15.7. The van der Waals surface area contributed by atoms with E-state index in [0.29, 0.717) is 22.0 Å². The number of halogens is 2. The summed E-state index contributed by atoms with van der Waals surface area (Å²) in [7, 11) is -3.38.